The minimum atomic E-state index is 0.0729. The fraction of sp³-hybridized carbons (Fsp3) is 0.571. The molecule has 1 aromatic rings. The maximum absolute atomic E-state index is 6.03. The van der Waals surface area contributed by atoms with Crippen LogP contribution < -0.4 is 11.5 Å². The van der Waals surface area contributed by atoms with Gasteiger partial charge in [-0.1, -0.05) is 40.7 Å². The highest BCUT2D eigenvalue weighted by atomic mass is 14.6. The third-order valence-corrected chi connectivity index (χ3v) is 2.75. The molecule has 0 fully saturated rings. The van der Waals surface area contributed by atoms with E-state index in [-0.39, 0.29) is 5.41 Å². The minimum Gasteiger partial charge on any atom is -0.398 e. The van der Waals surface area contributed by atoms with E-state index in [1.165, 1.54) is 11.1 Å². The molecule has 0 aliphatic carbocycles. The van der Waals surface area contributed by atoms with Crippen LogP contribution in [0.5, 0.6) is 0 Å². The Hall–Kier alpha value is -1.18. The highest BCUT2D eigenvalue weighted by Gasteiger charge is 2.18. The molecule has 0 aromatic heterocycles. The molecule has 90 valence electrons. The van der Waals surface area contributed by atoms with Crippen LogP contribution in [0.3, 0.4) is 0 Å². The van der Waals surface area contributed by atoms with Gasteiger partial charge in [0.05, 0.1) is 0 Å². The van der Waals surface area contributed by atoms with Crippen molar-refractivity contribution >= 4 is 11.4 Å². The quantitative estimate of drug-likeness (QED) is 0.751. The van der Waals surface area contributed by atoms with Gasteiger partial charge < -0.3 is 11.5 Å². The second-order valence-electron chi connectivity index (χ2n) is 5.99. The van der Waals surface area contributed by atoms with Crippen molar-refractivity contribution in [3.8, 4) is 0 Å². The Morgan fingerprint density at radius 2 is 1.62 bits per heavy atom. The molecule has 0 bridgehead atoms. The van der Waals surface area contributed by atoms with E-state index in [1.54, 1.807) is 0 Å². The van der Waals surface area contributed by atoms with Gasteiger partial charge in [0, 0.05) is 11.4 Å². The van der Waals surface area contributed by atoms with Crippen molar-refractivity contribution < 1.29 is 0 Å². The number of nitrogen functional groups attached to an aromatic ring is 2. The van der Waals surface area contributed by atoms with Gasteiger partial charge in [0.25, 0.3) is 0 Å². The van der Waals surface area contributed by atoms with Crippen LogP contribution in [0.2, 0.25) is 0 Å². The Labute approximate surface area is 99.0 Å². The Morgan fingerprint density at radius 1 is 1.06 bits per heavy atom. The van der Waals surface area contributed by atoms with E-state index in [0.29, 0.717) is 5.92 Å². The first-order valence-corrected chi connectivity index (χ1v) is 5.90. The van der Waals surface area contributed by atoms with Crippen LogP contribution in [0.1, 0.15) is 45.7 Å². The van der Waals surface area contributed by atoms with E-state index in [9.17, 15) is 0 Å². The highest BCUT2D eigenvalue weighted by molar-refractivity contribution is 5.63. The summed E-state index contributed by atoms with van der Waals surface area (Å²) in [5.74, 6) is 0.610. The summed E-state index contributed by atoms with van der Waals surface area (Å²) in [5.41, 5.74) is 16.1. The van der Waals surface area contributed by atoms with E-state index in [1.807, 2.05) is 6.07 Å². The molecule has 0 radical (unpaired) electrons. The van der Waals surface area contributed by atoms with Gasteiger partial charge in [-0.25, -0.2) is 0 Å². The molecule has 4 N–H and O–H groups in total. The van der Waals surface area contributed by atoms with E-state index in [0.717, 1.165) is 17.8 Å². The first-order valence-electron chi connectivity index (χ1n) is 5.90. The molecule has 0 amide bonds. The van der Waals surface area contributed by atoms with Crippen LogP contribution in [0.25, 0.3) is 0 Å². The summed E-state index contributed by atoms with van der Waals surface area (Å²) < 4.78 is 0. The second-order valence-corrected chi connectivity index (χ2v) is 5.99. The molecule has 0 saturated heterocycles. The molecule has 0 aliphatic rings. The van der Waals surface area contributed by atoms with Crippen molar-refractivity contribution in [3.63, 3.8) is 0 Å². The molecule has 16 heavy (non-hydrogen) atoms. The summed E-state index contributed by atoms with van der Waals surface area (Å²) in [5, 5.41) is 0. The summed E-state index contributed by atoms with van der Waals surface area (Å²) in [6, 6.07) is 4.07. The van der Waals surface area contributed by atoms with Crippen LogP contribution in [-0.2, 0) is 11.8 Å². The summed E-state index contributed by atoms with van der Waals surface area (Å²) >= 11 is 0. The number of rotatable bonds is 2. The van der Waals surface area contributed by atoms with Gasteiger partial charge in [-0.2, -0.15) is 0 Å². The van der Waals surface area contributed by atoms with E-state index in [4.69, 9.17) is 11.5 Å². The molecule has 0 unspecified atom stereocenters. The zero-order valence-electron chi connectivity index (χ0n) is 11.1. The lowest BCUT2D eigenvalue weighted by Crippen LogP contribution is -2.15. The number of hydrogen-bond acceptors (Lipinski definition) is 2. The van der Waals surface area contributed by atoms with Gasteiger partial charge in [0.2, 0.25) is 0 Å². The van der Waals surface area contributed by atoms with E-state index < -0.39 is 0 Å². The average Bonchev–Trinajstić information content (AvgIpc) is 2.06. The number of benzene rings is 1. The molecule has 1 rings (SSSR count). The van der Waals surface area contributed by atoms with E-state index in [2.05, 4.69) is 40.7 Å². The summed E-state index contributed by atoms with van der Waals surface area (Å²) in [7, 11) is 0. The Bertz CT molecular complexity index is 373. The Kier molecular flexibility index (Phi) is 3.51. The first-order chi connectivity index (χ1) is 7.21. The smallest absolute Gasteiger partial charge is 0.0372 e. The predicted octanol–water partition coefficient (Wildman–Crippen LogP) is 3.35. The monoisotopic (exact) mass is 220 g/mol. The van der Waals surface area contributed by atoms with Crippen molar-refractivity contribution in [2.24, 2.45) is 5.92 Å². The predicted molar refractivity (Wildman–Crippen MR) is 72.5 cm³/mol. The zero-order valence-corrected chi connectivity index (χ0v) is 11.1. The normalized spacial score (nSPS) is 12.1. The van der Waals surface area contributed by atoms with Crippen molar-refractivity contribution in [2.45, 2.75) is 46.5 Å². The number of hydrogen-bond donors (Lipinski definition) is 2. The summed E-state index contributed by atoms with van der Waals surface area (Å²) in [6.45, 7) is 10.9. The highest BCUT2D eigenvalue weighted by Crippen LogP contribution is 2.32. The maximum Gasteiger partial charge on any atom is 0.0372 e. The molecule has 0 spiro atoms. The molecule has 2 nitrogen and oxygen atoms in total. The number of nitrogens with two attached hydrogens (primary N) is 2. The van der Waals surface area contributed by atoms with E-state index >= 15 is 0 Å². The Balaban J connectivity index is 3.22. The molecule has 1 aromatic carbocycles. The fourth-order valence-corrected chi connectivity index (χ4v) is 1.94. The molecule has 0 aliphatic heterocycles. The van der Waals surface area contributed by atoms with Gasteiger partial charge in [-0.3, -0.25) is 0 Å². The van der Waals surface area contributed by atoms with Gasteiger partial charge in [-0.05, 0) is 34.9 Å². The van der Waals surface area contributed by atoms with Crippen molar-refractivity contribution in [1.82, 2.24) is 0 Å². The second kappa shape index (κ2) is 4.36. The molecular formula is C14H24N2. The van der Waals surface area contributed by atoms with Crippen LogP contribution >= 0.6 is 0 Å². The van der Waals surface area contributed by atoms with Crippen molar-refractivity contribution in [1.29, 1.82) is 0 Å². The van der Waals surface area contributed by atoms with Crippen LogP contribution in [0.15, 0.2) is 12.1 Å². The van der Waals surface area contributed by atoms with Gasteiger partial charge >= 0.3 is 0 Å². The zero-order chi connectivity index (χ0) is 12.5. The van der Waals surface area contributed by atoms with Crippen molar-refractivity contribution in [2.75, 3.05) is 11.5 Å². The topological polar surface area (TPSA) is 52.0 Å². The minimum absolute atomic E-state index is 0.0729. The number of anilines is 2. The van der Waals surface area contributed by atoms with Crippen LogP contribution in [-0.4, -0.2) is 0 Å². The molecular weight excluding hydrogens is 196 g/mol. The largest absolute Gasteiger partial charge is 0.398 e. The van der Waals surface area contributed by atoms with Gasteiger partial charge in [0.1, 0.15) is 0 Å². The standard InChI is InChI=1S/C14H24N2/c1-9(2)6-10-7-11(14(3,4)5)13(16)8-12(10)15/h7-9H,6,15-16H2,1-5H3. The lowest BCUT2D eigenvalue weighted by Gasteiger charge is -2.23. The fourth-order valence-electron chi connectivity index (χ4n) is 1.94. The lowest BCUT2D eigenvalue weighted by atomic mass is 9.83. The average molecular weight is 220 g/mol. The third kappa shape index (κ3) is 2.91. The summed E-state index contributed by atoms with van der Waals surface area (Å²) in [4.78, 5) is 0. The molecule has 0 atom stereocenters. The summed E-state index contributed by atoms with van der Waals surface area (Å²) in [6.07, 6.45) is 1.01. The van der Waals surface area contributed by atoms with Gasteiger partial charge in [-0.15, -0.1) is 0 Å². The third-order valence-electron chi connectivity index (χ3n) is 2.75. The SMILES string of the molecule is CC(C)Cc1cc(C(C)(C)C)c(N)cc1N. The molecule has 0 heterocycles. The molecule has 0 saturated carbocycles. The van der Waals surface area contributed by atoms with Crippen LogP contribution in [0.4, 0.5) is 11.4 Å². The first kappa shape index (κ1) is 12.9. The molecule has 2 heteroatoms. The maximum atomic E-state index is 6.03. The van der Waals surface area contributed by atoms with Gasteiger partial charge in [0.15, 0.2) is 0 Å². The van der Waals surface area contributed by atoms with Crippen molar-refractivity contribution in [3.05, 3.63) is 23.3 Å². The Morgan fingerprint density at radius 3 is 2.06 bits per heavy atom. The lowest BCUT2D eigenvalue weighted by molar-refractivity contribution is 0.588. The van der Waals surface area contributed by atoms with Crippen LogP contribution in [0, 0.1) is 5.92 Å².